The molecular weight excluding hydrogens is 410 g/mol. The van der Waals surface area contributed by atoms with E-state index in [1.54, 1.807) is 7.11 Å². The molecule has 1 aromatic carbocycles. The second-order valence-corrected chi connectivity index (χ2v) is 9.32. The van der Waals surface area contributed by atoms with E-state index >= 15 is 0 Å². The van der Waals surface area contributed by atoms with Crippen molar-refractivity contribution in [3.05, 3.63) is 58.5 Å². The molecule has 0 aliphatic carbocycles. The van der Waals surface area contributed by atoms with Gasteiger partial charge in [-0.2, -0.15) is 0 Å². The Morgan fingerprint density at radius 1 is 0.909 bits per heavy atom. The van der Waals surface area contributed by atoms with Crippen LogP contribution in [0.5, 0.6) is 0 Å². The molecule has 0 bridgehead atoms. The molecule has 1 fully saturated rings. The predicted molar refractivity (Wildman–Crippen MR) is 135 cm³/mol. The van der Waals surface area contributed by atoms with Crippen molar-refractivity contribution in [2.45, 2.75) is 46.6 Å². The largest absolute Gasteiger partial charge is 0.383 e. The van der Waals surface area contributed by atoms with Crippen molar-refractivity contribution in [2.24, 2.45) is 0 Å². The van der Waals surface area contributed by atoms with E-state index in [-0.39, 0.29) is 0 Å². The monoisotopic (exact) mass is 449 g/mol. The molecule has 0 spiro atoms. The number of imidazole rings is 1. The number of aromatic nitrogens is 3. The van der Waals surface area contributed by atoms with Crippen molar-refractivity contribution in [2.75, 3.05) is 53.0 Å². The number of piperazine rings is 1. The molecule has 1 saturated heterocycles. The molecule has 0 saturated carbocycles. The second-order valence-electron chi connectivity index (χ2n) is 9.32. The molecule has 0 unspecified atom stereocenters. The lowest BCUT2D eigenvalue weighted by Gasteiger charge is -2.34. The normalized spacial score (nSPS) is 15.5. The summed E-state index contributed by atoms with van der Waals surface area (Å²) in [5.74, 6) is 1.11. The third-order valence-corrected chi connectivity index (χ3v) is 6.80. The van der Waals surface area contributed by atoms with Crippen LogP contribution >= 0.6 is 0 Å². The summed E-state index contributed by atoms with van der Waals surface area (Å²) in [7, 11) is 1.78. The number of rotatable bonds is 10. The Morgan fingerprint density at radius 2 is 1.58 bits per heavy atom. The number of benzene rings is 1. The van der Waals surface area contributed by atoms with Crippen LogP contribution < -0.4 is 0 Å². The first-order valence-corrected chi connectivity index (χ1v) is 12.4. The lowest BCUT2D eigenvalue weighted by Crippen LogP contribution is -2.47. The lowest BCUT2D eigenvalue weighted by molar-refractivity contribution is 0.0965. The van der Waals surface area contributed by atoms with Gasteiger partial charge in [-0.05, 0) is 56.0 Å². The first-order chi connectivity index (χ1) is 16.1. The summed E-state index contributed by atoms with van der Waals surface area (Å²) in [5.41, 5.74) is 7.03. The van der Waals surface area contributed by atoms with Crippen LogP contribution in [0.3, 0.4) is 0 Å². The molecule has 3 aromatic rings. The Bertz CT molecular complexity index is 1030. The van der Waals surface area contributed by atoms with E-state index in [2.05, 4.69) is 65.5 Å². The van der Waals surface area contributed by atoms with Crippen LogP contribution in [0.25, 0.3) is 11.2 Å². The number of hydrogen-bond acceptors (Lipinski definition) is 5. The Hall–Kier alpha value is -2.28. The fourth-order valence-corrected chi connectivity index (χ4v) is 4.84. The van der Waals surface area contributed by atoms with Gasteiger partial charge < -0.3 is 14.2 Å². The van der Waals surface area contributed by atoms with Crippen LogP contribution in [0.1, 0.15) is 41.6 Å². The minimum atomic E-state index is 0.823. The van der Waals surface area contributed by atoms with Gasteiger partial charge in [0.25, 0.3) is 0 Å². The van der Waals surface area contributed by atoms with Gasteiger partial charge in [0.2, 0.25) is 0 Å². The molecule has 33 heavy (non-hydrogen) atoms. The highest BCUT2D eigenvalue weighted by Crippen LogP contribution is 2.21. The number of pyridine rings is 1. The van der Waals surface area contributed by atoms with Crippen molar-refractivity contribution in [1.82, 2.24) is 24.3 Å². The van der Waals surface area contributed by atoms with Gasteiger partial charge in [0, 0.05) is 51.9 Å². The van der Waals surface area contributed by atoms with E-state index in [1.165, 1.54) is 42.7 Å². The van der Waals surface area contributed by atoms with E-state index in [1.807, 2.05) is 0 Å². The Kier molecular flexibility index (Phi) is 8.12. The van der Waals surface area contributed by atoms with Gasteiger partial charge in [0.1, 0.15) is 11.3 Å². The van der Waals surface area contributed by atoms with Crippen molar-refractivity contribution < 1.29 is 4.74 Å². The summed E-state index contributed by atoms with van der Waals surface area (Å²) >= 11 is 0. The summed E-state index contributed by atoms with van der Waals surface area (Å²) in [6.45, 7) is 14.9. The van der Waals surface area contributed by atoms with E-state index in [0.717, 1.165) is 68.3 Å². The van der Waals surface area contributed by atoms with Gasteiger partial charge >= 0.3 is 0 Å². The van der Waals surface area contributed by atoms with Gasteiger partial charge in [-0.1, -0.05) is 31.2 Å². The van der Waals surface area contributed by atoms with Crippen LogP contribution in [0.2, 0.25) is 0 Å². The maximum absolute atomic E-state index is 5.20. The van der Waals surface area contributed by atoms with E-state index in [9.17, 15) is 0 Å². The zero-order valence-electron chi connectivity index (χ0n) is 20.8. The Morgan fingerprint density at radius 3 is 2.24 bits per heavy atom. The van der Waals surface area contributed by atoms with Crippen molar-refractivity contribution in [3.63, 3.8) is 0 Å². The van der Waals surface area contributed by atoms with Crippen molar-refractivity contribution in [1.29, 1.82) is 0 Å². The smallest absolute Gasteiger partial charge is 0.160 e. The Balaban J connectivity index is 1.31. The van der Waals surface area contributed by atoms with Crippen LogP contribution in [0, 0.1) is 13.8 Å². The van der Waals surface area contributed by atoms with Gasteiger partial charge in [0.05, 0.1) is 13.2 Å². The minimum Gasteiger partial charge on any atom is -0.383 e. The zero-order chi connectivity index (χ0) is 23.2. The molecule has 2 aromatic heterocycles. The third kappa shape index (κ3) is 5.99. The topological polar surface area (TPSA) is 46.4 Å². The number of ether oxygens (including phenoxy) is 1. The highest BCUT2D eigenvalue weighted by atomic mass is 16.5. The molecule has 4 rings (SSSR count). The van der Waals surface area contributed by atoms with Crippen LogP contribution in [0.15, 0.2) is 30.3 Å². The number of hydrogen-bond donors (Lipinski definition) is 0. The number of nitrogens with zero attached hydrogens (tertiary/aromatic N) is 5. The van der Waals surface area contributed by atoms with E-state index in [0.29, 0.717) is 0 Å². The molecule has 0 atom stereocenters. The van der Waals surface area contributed by atoms with Crippen molar-refractivity contribution >= 4 is 11.2 Å². The second kappa shape index (κ2) is 11.2. The fourth-order valence-electron chi connectivity index (χ4n) is 4.84. The zero-order valence-corrected chi connectivity index (χ0v) is 20.8. The highest BCUT2D eigenvalue weighted by molar-refractivity contribution is 5.76. The van der Waals surface area contributed by atoms with E-state index < -0.39 is 0 Å². The average Bonchev–Trinajstić information content (AvgIpc) is 3.17. The molecule has 1 aliphatic heterocycles. The average molecular weight is 450 g/mol. The van der Waals surface area contributed by atoms with Gasteiger partial charge in [-0.25, -0.2) is 9.97 Å². The summed E-state index contributed by atoms with van der Waals surface area (Å²) in [6.07, 6.45) is 3.26. The maximum Gasteiger partial charge on any atom is 0.160 e. The highest BCUT2D eigenvalue weighted by Gasteiger charge is 2.16. The Labute approximate surface area is 198 Å². The SMILES string of the molecule is CCc1nc2c(C)cc(C)nc2n1Cc1ccc(CCCN2CCN(CCOC)CC2)cc1. The first-order valence-electron chi connectivity index (χ1n) is 12.4. The molecule has 3 heterocycles. The molecule has 6 nitrogen and oxygen atoms in total. The lowest BCUT2D eigenvalue weighted by atomic mass is 10.1. The van der Waals surface area contributed by atoms with E-state index in [4.69, 9.17) is 14.7 Å². The third-order valence-electron chi connectivity index (χ3n) is 6.80. The molecule has 0 radical (unpaired) electrons. The quantitative estimate of drug-likeness (QED) is 0.470. The molecule has 178 valence electrons. The van der Waals surface area contributed by atoms with Gasteiger partial charge in [-0.3, -0.25) is 4.90 Å². The van der Waals surface area contributed by atoms with Crippen LogP contribution in [-0.4, -0.2) is 77.3 Å². The molecule has 0 amide bonds. The van der Waals surface area contributed by atoms with Crippen LogP contribution in [-0.2, 0) is 24.1 Å². The summed E-state index contributed by atoms with van der Waals surface area (Å²) < 4.78 is 7.49. The number of aryl methyl sites for hydroxylation is 4. The molecule has 6 heteroatoms. The van der Waals surface area contributed by atoms with Gasteiger partial charge in [0.15, 0.2) is 5.65 Å². The predicted octanol–water partition coefficient (Wildman–Crippen LogP) is 3.86. The summed E-state index contributed by atoms with van der Waals surface area (Å²) in [6, 6.07) is 11.3. The molecular formula is C27H39N5O. The summed E-state index contributed by atoms with van der Waals surface area (Å²) in [4.78, 5) is 14.8. The maximum atomic E-state index is 5.20. The number of fused-ring (bicyclic) bond motifs is 1. The fraction of sp³-hybridized carbons (Fsp3) is 0.556. The van der Waals surface area contributed by atoms with Crippen LogP contribution in [0.4, 0.5) is 0 Å². The first kappa shape index (κ1) is 23.9. The molecule has 0 N–H and O–H groups in total. The van der Waals surface area contributed by atoms with Crippen molar-refractivity contribution in [3.8, 4) is 0 Å². The minimum absolute atomic E-state index is 0.823. The van der Waals surface area contributed by atoms with Gasteiger partial charge in [-0.15, -0.1) is 0 Å². The number of methoxy groups -OCH3 is 1. The summed E-state index contributed by atoms with van der Waals surface area (Å²) in [5, 5.41) is 0. The standard InChI is InChI=1S/C27H39N5O/c1-5-25-29-26-21(2)19-22(3)28-27(26)32(25)20-24-10-8-23(9-11-24)7-6-12-30-13-15-31(16-14-30)17-18-33-4/h8-11,19H,5-7,12-18,20H2,1-4H3. The molecule has 1 aliphatic rings.